The molecule has 0 atom stereocenters. The van der Waals surface area contributed by atoms with E-state index in [4.69, 9.17) is 9.47 Å². The lowest BCUT2D eigenvalue weighted by atomic mass is 9.91. The van der Waals surface area contributed by atoms with Crippen LogP contribution < -0.4 is 14.8 Å². The van der Waals surface area contributed by atoms with E-state index in [-0.39, 0.29) is 12.0 Å². The monoisotopic (exact) mass is 541 g/mol. The van der Waals surface area contributed by atoms with Gasteiger partial charge in [-0.15, -0.1) is 0 Å². The number of piperidine rings is 1. The van der Waals surface area contributed by atoms with Crippen molar-refractivity contribution in [2.24, 2.45) is 0 Å². The minimum absolute atomic E-state index is 0.137. The molecule has 1 aromatic heterocycles. The second kappa shape index (κ2) is 12.7. The summed E-state index contributed by atoms with van der Waals surface area (Å²) in [4.78, 5) is 20.7. The van der Waals surface area contributed by atoms with Gasteiger partial charge in [-0.2, -0.15) is 0 Å². The highest BCUT2D eigenvalue weighted by atomic mass is 16.6. The van der Waals surface area contributed by atoms with Gasteiger partial charge in [-0.05, 0) is 79.6 Å². The Morgan fingerprint density at radius 3 is 2.58 bits per heavy atom. The number of aliphatic hydroxyl groups is 1. The maximum Gasteiger partial charge on any atom is 0.256 e. The second-order valence-electron chi connectivity index (χ2n) is 10.8. The topological polar surface area (TPSA) is 83.9 Å². The van der Waals surface area contributed by atoms with E-state index in [0.717, 1.165) is 78.7 Å². The Balaban J connectivity index is 1.42. The molecule has 0 saturated carbocycles. The summed E-state index contributed by atoms with van der Waals surface area (Å²) in [5.41, 5.74) is 7.59. The van der Waals surface area contributed by atoms with Gasteiger partial charge in [0.1, 0.15) is 13.2 Å². The maximum absolute atomic E-state index is 13.8. The van der Waals surface area contributed by atoms with Gasteiger partial charge in [0.05, 0.1) is 6.10 Å². The molecule has 0 aliphatic carbocycles. The zero-order valence-electron chi connectivity index (χ0n) is 23.7. The number of benzene rings is 2. The van der Waals surface area contributed by atoms with E-state index in [0.29, 0.717) is 36.0 Å². The number of aryl methyl sites for hydroxylation is 1. The van der Waals surface area contributed by atoms with Crippen LogP contribution in [-0.4, -0.2) is 53.3 Å². The predicted octanol–water partition coefficient (Wildman–Crippen LogP) is 6.00. The summed E-state index contributed by atoms with van der Waals surface area (Å²) < 4.78 is 11.3. The standard InChI is InChI=1S/C33H39N3O4/c1-4-5-23(3)32(33(38)35-27-8-9-30-31(18-27)40-15-14-39-30)29-17-25(7-6-22(29)2)26-16-24(19-34-20-26)21-36-12-10-28(37)11-13-36/h6-9,16-20,28,37H,4-5,10-15,21H2,1-3H3,(H,35,38). The Hall–Kier alpha value is -3.68. The molecule has 7 heteroatoms. The van der Waals surface area contributed by atoms with Crippen molar-refractivity contribution in [3.05, 3.63) is 77.1 Å². The molecule has 0 unspecified atom stereocenters. The van der Waals surface area contributed by atoms with E-state index in [1.807, 2.05) is 37.5 Å². The Labute approximate surface area is 236 Å². The molecule has 1 saturated heterocycles. The minimum atomic E-state index is -0.183. The Morgan fingerprint density at radius 2 is 1.80 bits per heavy atom. The van der Waals surface area contributed by atoms with Crippen LogP contribution in [0.25, 0.3) is 16.7 Å². The molecule has 2 N–H and O–H groups in total. The van der Waals surface area contributed by atoms with Crippen molar-refractivity contribution in [1.82, 2.24) is 9.88 Å². The van der Waals surface area contributed by atoms with Crippen LogP contribution in [0.1, 0.15) is 56.2 Å². The van der Waals surface area contributed by atoms with E-state index < -0.39 is 0 Å². The van der Waals surface area contributed by atoms with Crippen LogP contribution in [0.4, 0.5) is 5.69 Å². The number of nitrogens with one attached hydrogen (secondary N) is 1. The van der Waals surface area contributed by atoms with Gasteiger partial charge in [0.2, 0.25) is 0 Å². The lowest BCUT2D eigenvalue weighted by Crippen LogP contribution is -2.35. The Kier molecular flexibility index (Phi) is 8.82. The van der Waals surface area contributed by atoms with Crippen molar-refractivity contribution >= 4 is 17.2 Å². The third-order valence-corrected chi connectivity index (χ3v) is 7.68. The molecule has 0 bridgehead atoms. The van der Waals surface area contributed by atoms with Gasteiger partial charge >= 0.3 is 0 Å². The van der Waals surface area contributed by atoms with Crippen LogP contribution in [0, 0.1) is 6.92 Å². The number of pyridine rings is 1. The molecule has 210 valence electrons. The van der Waals surface area contributed by atoms with Gasteiger partial charge in [-0.25, -0.2) is 0 Å². The Bertz CT molecular complexity index is 1390. The van der Waals surface area contributed by atoms with Gasteiger partial charge in [0.15, 0.2) is 11.5 Å². The van der Waals surface area contributed by atoms with Crippen molar-refractivity contribution < 1.29 is 19.4 Å². The third-order valence-electron chi connectivity index (χ3n) is 7.68. The molecule has 1 fully saturated rings. The largest absolute Gasteiger partial charge is 0.486 e. The Morgan fingerprint density at radius 1 is 1.02 bits per heavy atom. The summed E-state index contributed by atoms with van der Waals surface area (Å²) in [6.45, 7) is 9.84. The SMILES string of the molecule is CCCC(C)=C(C(=O)Nc1ccc2c(c1)OCCO2)c1cc(-c2cncc(CN3CCC(O)CC3)c2)ccc1C. The molecule has 5 rings (SSSR count). The van der Waals surface area contributed by atoms with E-state index >= 15 is 0 Å². The van der Waals surface area contributed by atoms with Gasteiger partial charge in [-0.1, -0.05) is 31.1 Å². The minimum Gasteiger partial charge on any atom is -0.486 e. The summed E-state index contributed by atoms with van der Waals surface area (Å²) in [5, 5.41) is 12.9. The number of nitrogens with zero attached hydrogens (tertiary/aromatic N) is 2. The molecule has 40 heavy (non-hydrogen) atoms. The van der Waals surface area contributed by atoms with E-state index in [1.54, 1.807) is 0 Å². The quantitative estimate of drug-likeness (QED) is 0.341. The molecular formula is C33H39N3O4. The van der Waals surface area contributed by atoms with Crippen LogP contribution in [-0.2, 0) is 11.3 Å². The molecule has 0 radical (unpaired) electrons. The highest BCUT2D eigenvalue weighted by Gasteiger charge is 2.21. The van der Waals surface area contributed by atoms with Crippen molar-refractivity contribution in [3.8, 4) is 22.6 Å². The van der Waals surface area contributed by atoms with Crippen molar-refractivity contribution in [2.45, 2.75) is 59.1 Å². The summed E-state index contributed by atoms with van der Waals surface area (Å²) in [5.74, 6) is 1.20. The van der Waals surface area contributed by atoms with Crippen LogP contribution in [0.3, 0.4) is 0 Å². The number of likely N-dealkylation sites (tertiary alicyclic amines) is 1. The number of fused-ring (bicyclic) bond motifs is 1. The lowest BCUT2D eigenvalue weighted by Gasteiger charge is -2.29. The van der Waals surface area contributed by atoms with Crippen LogP contribution in [0.15, 0.2) is 60.4 Å². The molecule has 3 aromatic rings. The number of ether oxygens (including phenoxy) is 2. The number of rotatable bonds is 8. The van der Waals surface area contributed by atoms with Gasteiger partial charge < -0.3 is 19.9 Å². The number of aliphatic hydroxyl groups excluding tert-OH is 1. The zero-order valence-corrected chi connectivity index (χ0v) is 23.7. The fourth-order valence-electron chi connectivity index (χ4n) is 5.50. The van der Waals surface area contributed by atoms with Gasteiger partial charge in [0.25, 0.3) is 5.91 Å². The number of aromatic nitrogens is 1. The maximum atomic E-state index is 13.8. The number of carbonyl (C=O) groups excluding carboxylic acids is 1. The molecule has 2 aromatic carbocycles. The summed E-state index contributed by atoms with van der Waals surface area (Å²) in [6.07, 6.45) is 7.03. The fraction of sp³-hybridized carbons (Fsp3) is 0.394. The molecule has 2 aliphatic heterocycles. The first-order chi connectivity index (χ1) is 19.4. The number of hydrogen-bond acceptors (Lipinski definition) is 6. The summed E-state index contributed by atoms with van der Waals surface area (Å²) in [6, 6.07) is 14.0. The van der Waals surface area contributed by atoms with Crippen molar-refractivity contribution in [3.63, 3.8) is 0 Å². The normalized spacial score (nSPS) is 16.4. The van der Waals surface area contributed by atoms with Gasteiger partial charge in [0, 0.05) is 54.9 Å². The highest BCUT2D eigenvalue weighted by Crippen LogP contribution is 2.34. The smallest absolute Gasteiger partial charge is 0.256 e. The first kappa shape index (κ1) is 27.9. The lowest BCUT2D eigenvalue weighted by molar-refractivity contribution is -0.111. The van der Waals surface area contributed by atoms with Crippen molar-refractivity contribution in [1.29, 1.82) is 0 Å². The zero-order chi connectivity index (χ0) is 28.1. The van der Waals surface area contributed by atoms with E-state index in [1.165, 1.54) is 0 Å². The number of carbonyl (C=O) groups is 1. The van der Waals surface area contributed by atoms with Gasteiger partial charge in [-0.3, -0.25) is 14.7 Å². The average Bonchev–Trinajstić information content (AvgIpc) is 2.96. The van der Waals surface area contributed by atoms with Crippen LogP contribution >= 0.6 is 0 Å². The molecule has 1 amide bonds. The predicted molar refractivity (Wildman–Crippen MR) is 158 cm³/mol. The first-order valence-electron chi connectivity index (χ1n) is 14.3. The molecule has 0 spiro atoms. The number of hydrogen-bond donors (Lipinski definition) is 2. The fourth-order valence-corrected chi connectivity index (χ4v) is 5.50. The van der Waals surface area contributed by atoms with E-state index in [9.17, 15) is 9.90 Å². The highest BCUT2D eigenvalue weighted by molar-refractivity contribution is 6.26. The summed E-state index contributed by atoms with van der Waals surface area (Å²) >= 11 is 0. The van der Waals surface area contributed by atoms with Crippen molar-refractivity contribution in [2.75, 3.05) is 31.6 Å². The second-order valence-corrected chi connectivity index (χ2v) is 10.8. The first-order valence-corrected chi connectivity index (χ1v) is 14.3. The van der Waals surface area contributed by atoms with Crippen LogP contribution in [0.5, 0.6) is 11.5 Å². The molecule has 7 nitrogen and oxygen atoms in total. The summed E-state index contributed by atoms with van der Waals surface area (Å²) in [7, 11) is 0. The number of amides is 1. The van der Waals surface area contributed by atoms with E-state index in [2.05, 4.69) is 53.3 Å². The molecule has 3 heterocycles. The molecule has 2 aliphatic rings. The average molecular weight is 542 g/mol. The third kappa shape index (κ3) is 6.54. The van der Waals surface area contributed by atoms with Crippen LogP contribution in [0.2, 0.25) is 0 Å². The molecular weight excluding hydrogens is 502 g/mol. The number of allylic oxidation sites excluding steroid dienone is 1. The number of anilines is 1.